The Balaban J connectivity index is 2.32. The lowest BCUT2D eigenvalue weighted by Crippen LogP contribution is -2.41. The molecule has 1 N–H and O–H groups in total. The van der Waals surface area contributed by atoms with Crippen LogP contribution >= 0.6 is 11.6 Å². The van der Waals surface area contributed by atoms with Crippen LogP contribution in [0, 0.1) is 0 Å². The second-order valence-corrected chi connectivity index (χ2v) is 7.02. The molecule has 1 aliphatic heterocycles. The Morgan fingerprint density at radius 3 is 2.48 bits per heavy atom. The summed E-state index contributed by atoms with van der Waals surface area (Å²) in [5.41, 5.74) is 0.702. The normalized spacial score (nSPS) is 19.7. The predicted molar refractivity (Wildman–Crippen MR) is 92.0 cm³/mol. The zero-order chi connectivity index (χ0) is 17.3. The zero-order valence-corrected chi connectivity index (χ0v) is 14.9. The third kappa shape index (κ3) is 4.13. The van der Waals surface area contributed by atoms with Crippen molar-refractivity contribution in [3.8, 4) is 0 Å². The molecule has 1 fully saturated rings. The number of carbonyl (C=O) groups is 1. The number of carbonyl (C=O) groups excluding carboxylic acids is 1. The molecule has 1 aromatic heterocycles. The molecule has 1 amide bonds. The molecule has 1 aromatic rings. The minimum Gasteiger partial charge on any atom is -0.400 e. The van der Waals surface area contributed by atoms with Crippen molar-refractivity contribution < 1.29 is 14.1 Å². The molecule has 7 heteroatoms. The van der Waals surface area contributed by atoms with Crippen molar-refractivity contribution in [2.45, 2.75) is 45.8 Å². The van der Waals surface area contributed by atoms with Gasteiger partial charge in [-0.1, -0.05) is 17.7 Å². The summed E-state index contributed by atoms with van der Waals surface area (Å²) in [7, 11) is -0.545. The maximum atomic E-state index is 11.3. The van der Waals surface area contributed by atoms with Crippen LogP contribution in [-0.2, 0) is 14.1 Å². The number of nitrogens with zero attached hydrogens (tertiary/aromatic N) is 1. The van der Waals surface area contributed by atoms with Gasteiger partial charge in [0.25, 0.3) is 0 Å². The van der Waals surface area contributed by atoms with Crippen molar-refractivity contribution in [2.24, 2.45) is 0 Å². The topological polar surface area (TPSA) is 60.5 Å². The second-order valence-electron chi connectivity index (χ2n) is 6.61. The molecule has 1 aliphatic rings. The summed E-state index contributed by atoms with van der Waals surface area (Å²) in [4.78, 5) is 15.3. The Hall–Kier alpha value is -1.37. The zero-order valence-electron chi connectivity index (χ0n) is 14.1. The van der Waals surface area contributed by atoms with E-state index in [9.17, 15) is 4.79 Å². The van der Waals surface area contributed by atoms with Gasteiger partial charge in [-0.15, -0.1) is 0 Å². The second kappa shape index (κ2) is 6.63. The summed E-state index contributed by atoms with van der Waals surface area (Å²) in [6, 6.07) is 1.81. The molecule has 0 saturated carbocycles. The van der Waals surface area contributed by atoms with Crippen LogP contribution in [0.3, 0.4) is 0 Å². The number of nitrogens with one attached hydrogen (secondary N) is 1. The van der Waals surface area contributed by atoms with Crippen LogP contribution < -0.4 is 5.32 Å². The Morgan fingerprint density at radius 2 is 1.96 bits per heavy atom. The van der Waals surface area contributed by atoms with Crippen molar-refractivity contribution in [2.75, 3.05) is 6.54 Å². The van der Waals surface area contributed by atoms with E-state index in [0.29, 0.717) is 11.6 Å². The Labute approximate surface area is 142 Å². The smallest absolute Gasteiger partial charge is 0.400 e. The first kappa shape index (κ1) is 18.0. The highest BCUT2D eigenvalue weighted by Crippen LogP contribution is 2.38. The third-order valence-corrected chi connectivity index (χ3v) is 4.56. The van der Waals surface area contributed by atoms with Crippen LogP contribution in [0.25, 0.3) is 6.08 Å². The Bertz CT molecular complexity index is 616. The van der Waals surface area contributed by atoms with E-state index < -0.39 is 18.3 Å². The van der Waals surface area contributed by atoms with E-state index in [0.717, 1.165) is 11.0 Å². The van der Waals surface area contributed by atoms with Gasteiger partial charge in [0.15, 0.2) is 0 Å². The van der Waals surface area contributed by atoms with Gasteiger partial charge in [-0.3, -0.25) is 9.78 Å². The average Bonchev–Trinajstić information content (AvgIpc) is 2.65. The molecule has 0 radical (unpaired) electrons. The lowest BCUT2D eigenvalue weighted by atomic mass is 9.77. The van der Waals surface area contributed by atoms with Gasteiger partial charge in [-0.05, 0) is 44.8 Å². The highest BCUT2D eigenvalue weighted by Gasteiger charge is 2.52. The summed E-state index contributed by atoms with van der Waals surface area (Å²) in [6.45, 7) is 9.75. The van der Waals surface area contributed by atoms with Crippen LogP contribution in [0.15, 0.2) is 23.9 Å². The molecular weight excluding hydrogens is 314 g/mol. The number of pyridine rings is 1. The molecule has 0 bridgehead atoms. The highest BCUT2D eigenvalue weighted by atomic mass is 35.5. The summed E-state index contributed by atoms with van der Waals surface area (Å²) < 4.78 is 12.1. The number of aromatic nitrogens is 1. The summed E-state index contributed by atoms with van der Waals surface area (Å²) in [5, 5.41) is 3.32. The van der Waals surface area contributed by atoms with Crippen LogP contribution in [0.4, 0.5) is 0 Å². The Kier molecular flexibility index (Phi) is 5.18. The van der Waals surface area contributed by atoms with Gasteiger partial charge in [0.1, 0.15) is 0 Å². The standard InChI is InChI=1S/C16H22BClN2O3/c1-11(21)20-9-13(8-12-6-7-19-10-14(12)18)17-22-15(2,3)16(4,5)23-17/h6-8,10H,9H2,1-5H3,(H,20,21). The van der Waals surface area contributed by atoms with Crippen molar-refractivity contribution in [1.29, 1.82) is 0 Å². The lowest BCUT2D eigenvalue weighted by molar-refractivity contribution is -0.118. The summed E-state index contributed by atoms with van der Waals surface area (Å²) in [6.07, 6.45) is 5.12. The quantitative estimate of drug-likeness (QED) is 0.859. The largest absolute Gasteiger partial charge is 0.492 e. The van der Waals surface area contributed by atoms with Crippen molar-refractivity contribution in [3.63, 3.8) is 0 Å². The van der Waals surface area contributed by atoms with Crippen molar-refractivity contribution >= 4 is 30.7 Å². The third-order valence-electron chi connectivity index (χ3n) is 4.24. The first-order valence-electron chi connectivity index (χ1n) is 7.52. The Morgan fingerprint density at radius 1 is 1.35 bits per heavy atom. The minimum atomic E-state index is -0.545. The molecule has 0 aromatic carbocycles. The molecule has 2 heterocycles. The fourth-order valence-corrected chi connectivity index (χ4v) is 2.30. The van der Waals surface area contributed by atoms with Crippen LogP contribution in [-0.4, -0.2) is 35.8 Å². The molecule has 124 valence electrons. The number of hydrogen-bond donors (Lipinski definition) is 1. The van der Waals surface area contributed by atoms with E-state index in [2.05, 4.69) is 10.3 Å². The lowest BCUT2D eigenvalue weighted by Gasteiger charge is -2.32. The van der Waals surface area contributed by atoms with E-state index >= 15 is 0 Å². The first-order chi connectivity index (χ1) is 10.6. The van der Waals surface area contributed by atoms with Crippen molar-refractivity contribution in [3.05, 3.63) is 34.5 Å². The first-order valence-corrected chi connectivity index (χ1v) is 7.90. The fourth-order valence-electron chi connectivity index (χ4n) is 2.13. The average molecular weight is 337 g/mol. The maximum absolute atomic E-state index is 11.3. The van der Waals surface area contributed by atoms with Gasteiger partial charge in [-0.25, -0.2) is 0 Å². The molecule has 0 spiro atoms. The SMILES string of the molecule is CC(=O)NCC(=Cc1ccncc1Cl)B1OC(C)(C)C(C)(C)O1. The summed E-state index contributed by atoms with van der Waals surface area (Å²) in [5.74, 6) is -0.117. The molecule has 0 unspecified atom stereocenters. The van der Waals surface area contributed by atoms with E-state index in [1.54, 1.807) is 18.5 Å². The minimum absolute atomic E-state index is 0.117. The van der Waals surface area contributed by atoms with Crippen LogP contribution in [0.5, 0.6) is 0 Å². The van der Waals surface area contributed by atoms with Crippen LogP contribution in [0.1, 0.15) is 40.2 Å². The van der Waals surface area contributed by atoms with E-state index in [4.69, 9.17) is 20.9 Å². The predicted octanol–water partition coefficient (Wildman–Crippen LogP) is 2.89. The molecule has 23 heavy (non-hydrogen) atoms. The van der Waals surface area contributed by atoms with Gasteiger partial charge in [0.2, 0.25) is 5.91 Å². The van der Waals surface area contributed by atoms with Crippen LogP contribution in [0.2, 0.25) is 5.02 Å². The monoisotopic (exact) mass is 336 g/mol. The molecule has 5 nitrogen and oxygen atoms in total. The fraction of sp³-hybridized carbons (Fsp3) is 0.500. The summed E-state index contributed by atoms with van der Waals surface area (Å²) >= 11 is 6.17. The number of rotatable bonds is 4. The van der Waals surface area contributed by atoms with E-state index in [1.807, 2.05) is 33.8 Å². The van der Waals surface area contributed by atoms with E-state index in [-0.39, 0.29) is 5.91 Å². The highest BCUT2D eigenvalue weighted by molar-refractivity contribution is 6.56. The molecular formula is C16H22BClN2O3. The van der Waals surface area contributed by atoms with Gasteiger partial charge in [0, 0.05) is 25.9 Å². The van der Waals surface area contributed by atoms with Gasteiger partial charge in [0.05, 0.1) is 16.2 Å². The molecule has 1 saturated heterocycles. The number of amides is 1. The molecule has 2 rings (SSSR count). The molecule has 0 atom stereocenters. The number of hydrogen-bond acceptors (Lipinski definition) is 4. The van der Waals surface area contributed by atoms with Crippen molar-refractivity contribution in [1.82, 2.24) is 10.3 Å². The molecule has 0 aliphatic carbocycles. The van der Waals surface area contributed by atoms with E-state index in [1.165, 1.54) is 6.92 Å². The van der Waals surface area contributed by atoms with Gasteiger partial charge < -0.3 is 14.6 Å². The number of halogens is 1. The van der Waals surface area contributed by atoms with Gasteiger partial charge >= 0.3 is 7.12 Å². The van der Waals surface area contributed by atoms with Gasteiger partial charge in [-0.2, -0.15) is 0 Å². The maximum Gasteiger partial charge on any atom is 0.492 e.